The lowest BCUT2D eigenvalue weighted by atomic mass is 10.1. The summed E-state index contributed by atoms with van der Waals surface area (Å²) in [5.74, 6) is 0.103. The molecule has 0 atom stereocenters. The summed E-state index contributed by atoms with van der Waals surface area (Å²) >= 11 is 0. The molecule has 0 spiro atoms. The zero-order valence-corrected chi connectivity index (χ0v) is 10.6. The molecule has 0 unspecified atom stereocenters. The van der Waals surface area contributed by atoms with Crippen LogP contribution in [0.25, 0.3) is 6.08 Å². The Morgan fingerprint density at radius 1 is 1.47 bits per heavy atom. The second-order valence-corrected chi connectivity index (χ2v) is 4.09. The van der Waals surface area contributed by atoms with Gasteiger partial charge in [-0.05, 0) is 29.3 Å². The molecule has 0 saturated heterocycles. The highest BCUT2D eigenvalue weighted by atomic mass is 16.5. The number of rotatable bonds is 4. The molecule has 100 valence electrons. The first-order chi connectivity index (χ1) is 9.19. The molecule has 0 radical (unpaired) electrons. The van der Waals surface area contributed by atoms with Gasteiger partial charge in [-0.3, -0.25) is 9.59 Å². The summed E-state index contributed by atoms with van der Waals surface area (Å²) in [6, 6.07) is 5.77. The average molecular weight is 261 g/mol. The highest BCUT2D eigenvalue weighted by molar-refractivity contribution is 5.93. The van der Waals surface area contributed by atoms with Crippen molar-refractivity contribution >= 4 is 18.0 Å². The summed E-state index contributed by atoms with van der Waals surface area (Å²) in [7, 11) is 1.27. The lowest BCUT2D eigenvalue weighted by Crippen LogP contribution is -2.28. The molecule has 1 aromatic carbocycles. The molecule has 19 heavy (non-hydrogen) atoms. The van der Waals surface area contributed by atoms with Gasteiger partial charge < -0.3 is 14.8 Å². The van der Waals surface area contributed by atoms with Crippen LogP contribution in [0.15, 0.2) is 24.3 Å². The monoisotopic (exact) mass is 261 g/mol. The van der Waals surface area contributed by atoms with Gasteiger partial charge in [0.25, 0.3) is 0 Å². The normalized spacial score (nSPS) is 12.9. The van der Waals surface area contributed by atoms with Crippen LogP contribution >= 0.6 is 0 Å². The van der Waals surface area contributed by atoms with Gasteiger partial charge in [-0.2, -0.15) is 0 Å². The van der Waals surface area contributed by atoms with E-state index in [1.54, 1.807) is 6.08 Å². The van der Waals surface area contributed by atoms with E-state index in [4.69, 9.17) is 4.74 Å². The molecule has 1 aromatic rings. The van der Waals surface area contributed by atoms with E-state index in [2.05, 4.69) is 10.1 Å². The van der Waals surface area contributed by atoms with Crippen LogP contribution in [0.5, 0.6) is 5.75 Å². The summed E-state index contributed by atoms with van der Waals surface area (Å²) < 4.78 is 9.82. The number of esters is 1. The average Bonchev–Trinajstić information content (AvgIpc) is 2.89. The van der Waals surface area contributed by atoms with Gasteiger partial charge in [0.2, 0.25) is 5.91 Å². The van der Waals surface area contributed by atoms with Crippen molar-refractivity contribution in [3.63, 3.8) is 0 Å². The zero-order valence-electron chi connectivity index (χ0n) is 10.6. The first kappa shape index (κ1) is 13.1. The van der Waals surface area contributed by atoms with Gasteiger partial charge in [0.15, 0.2) is 0 Å². The van der Waals surface area contributed by atoms with Gasteiger partial charge >= 0.3 is 5.97 Å². The smallest absolute Gasteiger partial charge is 0.325 e. The Morgan fingerprint density at radius 2 is 2.32 bits per heavy atom. The fourth-order valence-electron chi connectivity index (χ4n) is 1.77. The molecule has 0 bridgehead atoms. The van der Waals surface area contributed by atoms with Crippen molar-refractivity contribution in [3.8, 4) is 5.75 Å². The number of hydrogen-bond acceptors (Lipinski definition) is 4. The van der Waals surface area contributed by atoms with Crippen molar-refractivity contribution in [2.24, 2.45) is 0 Å². The Balaban J connectivity index is 1.91. The van der Waals surface area contributed by atoms with Crippen molar-refractivity contribution in [1.29, 1.82) is 0 Å². The molecule has 0 fully saturated rings. The van der Waals surface area contributed by atoms with Gasteiger partial charge in [-0.15, -0.1) is 0 Å². The first-order valence-electron chi connectivity index (χ1n) is 5.97. The fourth-order valence-corrected chi connectivity index (χ4v) is 1.77. The summed E-state index contributed by atoms with van der Waals surface area (Å²) in [6.07, 6.45) is 3.98. The molecular formula is C14H15NO4. The lowest BCUT2D eigenvalue weighted by Gasteiger charge is -2.01. The molecule has 0 aromatic heterocycles. The second-order valence-electron chi connectivity index (χ2n) is 4.09. The number of fused-ring (bicyclic) bond motifs is 1. The first-order valence-corrected chi connectivity index (χ1v) is 5.97. The van der Waals surface area contributed by atoms with E-state index in [0.717, 1.165) is 23.3 Å². The minimum absolute atomic E-state index is 0.127. The van der Waals surface area contributed by atoms with Crippen LogP contribution in [0.1, 0.15) is 11.1 Å². The van der Waals surface area contributed by atoms with E-state index in [9.17, 15) is 9.59 Å². The van der Waals surface area contributed by atoms with Gasteiger partial charge in [0, 0.05) is 12.5 Å². The van der Waals surface area contributed by atoms with E-state index < -0.39 is 5.97 Å². The van der Waals surface area contributed by atoms with Crippen molar-refractivity contribution in [3.05, 3.63) is 35.4 Å². The van der Waals surface area contributed by atoms with Crippen LogP contribution in [0.2, 0.25) is 0 Å². The lowest BCUT2D eigenvalue weighted by molar-refractivity contribution is -0.140. The molecule has 2 rings (SSSR count). The van der Waals surface area contributed by atoms with Crippen LogP contribution in [-0.2, 0) is 20.7 Å². The number of methoxy groups -OCH3 is 1. The van der Waals surface area contributed by atoms with Crippen molar-refractivity contribution < 1.29 is 19.1 Å². The summed E-state index contributed by atoms with van der Waals surface area (Å²) in [5, 5.41) is 2.43. The Morgan fingerprint density at radius 3 is 3.11 bits per heavy atom. The number of benzene rings is 1. The minimum atomic E-state index is -0.476. The van der Waals surface area contributed by atoms with Crippen molar-refractivity contribution in [2.45, 2.75) is 6.42 Å². The summed E-state index contributed by atoms with van der Waals surface area (Å²) in [6.45, 7) is 0.583. The van der Waals surface area contributed by atoms with Crippen molar-refractivity contribution in [1.82, 2.24) is 5.32 Å². The van der Waals surface area contributed by atoms with E-state index in [1.807, 2.05) is 18.2 Å². The Bertz CT molecular complexity index is 522. The van der Waals surface area contributed by atoms with Crippen LogP contribution in [0, 0.1) is 0 Å². The third-order valence-corrected chi connectivity index (χ3v) is 2.78. The van der Waals surface area contributed by atoms with E-state index >= 15 is 0 Å². The predicted molar refractivity (Wildman–Crippen MR) is 69.7 cm³/mol. The fraction of sp³-hybridized carbons (Fsp3) is 0.286. The van der Waals surface area contributed by atoms with Crippen molar-refractivity contribution in [2.75, 3.05) is 20.3 Å². The summed E-state index contributed by atoms with van der Waals surface area (Å²) in [5.41, 5.74) is 2.08. The van der Waals surface area contributed by atoms with Gasteiger partial charge in [0.05, 0.1) is 13.7 Å². The minimum Gasteiger partial charge on any atom is -0.493 e. The Kier molecular flexibility index (Phi) is 4.18. The molecule has 0 saturated carbocycles. The van der Waals surface area contributed by atoms with E-state index in [1.165, 1.54) is 13.2 Å². The topological polar surface area (TPSA) is 64.6 Å². The third kappa shape index (κ3) is 3.58. The van der Waals surface area contributed by atoms with Crippen LogP contribution in [0.3, 0.4) is 0 Å². The van der Waals surface area contributed by atoms with Crippen LogP contribution in [-0.4, -0.2) is 32.1 Å². The van der Waals surface area contributed by atoms with Gasteiger partial charge in [0.1, 0.15) is 12.3 Å². The number of carbonyl (C=O) groups excluding carboxylic acids is 2. The predicted octanol–water partition coefficient (Wildman–Crippen LogP) is 0.924. The quantitative estimate of drug-likeness (QED) is 0.646. The summed E-state index contributed by atoms with van der Waals surface area (Å²) in [4.78, 5) is 22.3. The van der Waals surface area contributed by atoms with E-state index in [0.29, 0.717) is 6.61 Å². The second kappa shape index (κ2) is 6.04. The van der Waals surface area contributed by atoms with Crippen LogP contribution in [0.4, 0.5) is 0 Å². The Labute approximate surface area is 111 Å². The number of amides is 1. The Hall–Kier alpha value is -2.30. The zero-order chi connectivity index (χ0) is 13.7. The number of carbonyl (C=O) groups is 2. The molecule has 5 heteroatoms. The number of ether oxygens (including phenoxy) is 2. The molecule has 5 nitrogen and oxygen atoms in total. The molecule has 1 heterocycles. The molecule has 1 aliphatic rings. The molecule has 1 N–H and O–H groups in total. The third-order valence-electron chi connectivity index (χ3n) is 2.78. The SMILES string of the molecule is COC(=O)CNC(=O)C=Cc1ccc2c(c1)CCO2. The largest absolute Gasteiger partial charge is 0.493 e. The maximum Gasteiger partial charge on any atom is 0.325 e. The number of nitrogens with one attached hydrogen (secondary N) is 1. The standard InChI is InChI=1S/C14H15NO4/c1-18-14(17)9-15-13(16)5-3-10-2-4-12-11(8-10)6-7-19-12/h2-5,8H,6-7,9H2,1H3,(H,15,16). The highest BCUT2D eigenvalue weighted by Crippen LogP contribution is 2.26. The molecule has 0 aliphatic carbocycles. The van der Waals surface area contributed by atoms with Gasteiger partial charge in [-0.1, -0.05) is 6.07 Å². The number of hydrogen-bond donors (Lipinski definition) is 1. The van der Waals surface area contributed by atoms with Gasteiger partial charge in [-0.25, -0.2) is 0 Å². The molecule has 1 aliphatic heterocycles. The maximum atomic E-state index is 11.4. The molecular weight excluding hydrogens is 246 g/mol. The van der Waals surface area contributed by atoms with E-state index in [-0.39, 0.29) is 12.5 Å². The highest BCUT2D eigenvalue weighted by Gasteiger charge is 2.11. The maximum absolute atomic E-state index is 11.4. The van der Waals surface area contributed by atoms with Crippen LogP contribution < -0.4 is 10.1 Å². The molecule has 1 amide bonds.